The van der Waals surface area contributed by atoms with Gasteiger partial charge in [-0.3, -0.25) is 9.59 Å². The van der Waals surface area contributed by atoms with Gasteiger partial charge in [0.25, 0.3) is 5.91 Å². The Labute approximate surface area is 124 Å². The van der Waals surface area contributed by atoms with Crippen molar-refractivity contribution in [1.29, 1.82) is 0 Å². The summed E-state index contributed by atoms with van der Waals surface area (Å²) >= 11 is 0. The van der Waals surface area contributed by atoms with E-state index in [1.54, 1.807) is 12.1 Å². The molecule has 0 spiro atoms. The SMILES string of the molecule is CCNC(=O)CNC(=O)c1cccc(C#CCCO)c1C. The fourth-order valence-corrected chi connectivity index (χ4v) is 1.75. The highest BCUT2D eigenvalue weighted by Gasteiger charge is 2.11. The van der Waals surface area contributed by atoms with Crippen LogP contribution in [0, 0.1) is 18.8 Å². The molecule has 0 saturated carbocycles. The molecule has 0 heterocycles. The van der Waals surface area contributed by atoms with E-state index in [9.17, 15) is 9.59 Å². The lowest BCUT2D eigenvalue weighted by Crippen LogP contribution is -2.37. The van der Waals surface area contributed by atoms with E-state index in [-0.39, 0.29) is 25.0 Å². The summed E-state index contributed by atoms with van der Waals surface area (Å²) in [6.45, 7) is 4.12. The Balaban J connectivity index is 2.79. The minimum atomic E-state index is -0.301. The van der Waals surface area contributed by atoms with Crippen molar-refractivity contribution in [3.05, 3.63) is 34.9 Å². The summed E-state index contributed by atoms with van der Waals surface area (Å²) in [6.07, 6.45) is 0.396. The molecular formula is C16H20N2O3. The minimum Gasteiger partial charge on any atom is -0.395 e. The zero-order chi connectivity index (χ0) is 15.7. The quantitative estimate of drug-likeness (QED) is 0.694. The summed E-state index contributed by atoms with van der Waals surface area (Å²) in [7, 11) is 0. The molecule has 0 aliphatic carbocycles. The second-order valence-corrected chi connectivity index (χ2v) is 4.39. The van der Waals surface area contributed by atoms with Gasteiger partial charge < -0.3 is 15.7 Å². The molecule has 0 bridgehead atoms. The van der Waals surface area contributed by atoms with Crippen LogP contribution in [0.5, 0.6) is 0 Å². The summed E-state index contributed by atoms with van der Waals surface area (Å²) in [5.41, 5.74) is 2.00. The van der Waals surface area contributed by atoms with Gasteiger partial charge in [-0.2, -0.15) is 0 Å². The number of carbonyl (C=O) groups is 2. The maximum absolute atomic E-state index is 12.1. The van der Waals surface area contributed by atoms with Crippen molar-refractivity contribution in [2.45, 2.75) is 20.3 Å². The molecule has 0 atom stereocenters. The van der Waals surface area contributed by atoms with Crippen molar-refractivity contribution in [2.24, 2.45) is 0 Å². The molecule has 0 radical (unpaired) electrons. The van der Waals surface area contributed by atoms with E-state index in [0.29, 0.717) is 18.5 Å². The zero-order valence-electron chi connectivity index (χ0n) is 12.3. The molecule has 1 aromatic carbocycles. The Hall–Kier alpha value is -2.32. The van der Waals surface area contributed by atoms with E-state index in [1.165, 1.54) is 0 Å². The molecule has 112 valence electrons. The molecule has 5 heteroatoms. The minimum absolute atomic E-state index is 0.0127. The van der Waals surface area contributed by atoms with E-state index in [0.717, 1.165) is 11.1 Å². The molecule has 2 amide bonds. The number of aliphatic hydroxyl groups excluding tert-OH is 1. The normalized spacial score (nSPS) is 9.48. The maximum atomic E-state index is 12.1. The molecule has 1 rings (SSSR count). The van der Waals surface area contributed by atoms with Crippen molar-refractivity contribution in [2.75, 3.05) is 19.7 Å². The van der Waals surface area contributed by atoms with Crippen LogP contribution in [-0.4, -0.2) is 36.6 Å². The summed E-state index contributed by atoms with van der Waals surface area (Å²) in [5.74, 6) is 5.23. The van der Waals surface area contributed by atoms with Gasteiger partial charge in [-0.25, -0.2) is 0 Å². The number of hydrogen-bond donors (Lipinski definition) is 3. The largest absolute Gasteiger partial charge is 0.395 e. The van der Waals surface area contributed by atoms with Gasteiger partial charge in [0, 0.05) is 24.1 Å². The van der Waals surface area contributed by atoms with Crippen molar-refractivity contribution < 1.29 is 14.7 Å². The molecule has 0 aliphatic heterocycles. The first-order chi connectivity index (χ1) is 10.1. The van der Waals surface area contributed by atoms with Crippen molar-refractivity contribution in [3.63, 3.8) is 0 Å². The van der Waals surface area contributed by atoms with Crippen molar-refractivity contribution >= 4 is 11.8 Å². The van der Waals surface area contributed by atoms with Crippen LogP contribution in [-0.2, 0) is 4.79 Å². The number of carbonyl (C=O) groups excluding carboxylic acids is 2. The Morgan fingerprint density at radius 3 is 2.71 bits per heavy atom. The van der Waals surface area contributed by atoms with Crippen molar-refractivity contribution in [3.8, 4) is 11.8 Å². The van der Waals surface area contributed by atoms with Crippen LogP contribution >= 0.6 is 0 Å². The van der Waals surface area contributed by atoms with Gasteiger partial charge >= 0.3 is 0 Å². The molecule has 1 aromatic rings. The van der Waals surface area contributed by atoms with Gasteiger partial charge in [-0.15, -0.1) is 0 Å². The van der Waals surface area contributed by atoms with Crippen LogP contribution < -0.4 is 10.6 Å². The molecule has 0 unspecified atom stereocenters. The van der Waals surface area contributed by atoms with Gasteiger partial charge in [-0.1, -0.05) is 17.9 Å². The average Bonchev–Trinajstić information content (AvgIpc) is 2.47. The first-order valence-electron chi connectivity index (χ1n) is 6.84. The Morgan fingerprint density at radius 1 is 1.29 bits per heavy atom. The van der Waals surface area contributed by atoms with Gasteiger partial charge in [-0.05, 0) is 31.5 Å². The second kappa shape index (κ2) is 8.77. The third kappa shape index (κ3) is 5.28. The molecule has 3 N–H and O–H groups in total. The number of nitrogens with one attached hydrogen (secondary N) is 2. The van der Waals surface area contributed by atoms with Crippen LogP contribution in [0.3, 0.4) is 0 Å². The highest BCUT2D eigenvalue weighted by atomic mass is 16.2. The molecule has 21 heavy (non-hydrogen) atoms. The molecule has 0 saturated heterocycles. The first-order valence-corrected chi connectivity index (χ1v) is 6.84. The van der Waals surface area contributed by atoms with Crippen LogP contribution in [0.2, 0.25) is 0 Å². The Kier molecular flexibility index (Phi) is 6.99. The highest BCUT2D eigenvalue weighted by Crippen LogP contribution is 2.12. The number of aliphatic hydroxyl groups is 1. The van der Waals surface area contributed by atoms with Crippen LogP contribution in [0.4, 0.5) is 0 Å². The molecule has 0 fully saturated rings. The standard InChI is InChI=1S/C16H20N2O3/c1-3-17-15(20)11-18-16(21)14-9-6-8-13(12(14)2)7-4-5-10-19/h6,8-9,19H,3,5,10-11H2,1-2H3,(H,17,20)(H,18,21). The van der Waals surface area contributed by atoms with E-state index in [4.69, 9.17) is 5.11 Å². The first kappa shape index (κ1) is 16.7. The molecule has 0 aliphatic rings. The van der Waals surface area contributed by atoms with E-state index >= 15 is 0 Å². The van der Waals surface area contributed by atoms with E-state index in [2.05, 4.69) is 22.5 Å². The number of rotatable bonds is 5. The van der Waals surface area contributed by atoms with Gasteiger partial charge in [0.2, 0.25) is 5.91 Å². The third-order valence-corrected chi connectivity index (χ3v) is 2.82. The maximum Gasteiger partial charge on any atom is 0.252 e. The van der Waals surface area contributed by atoms with Crippen molar-refractivity contribution in [1.82, 2.24) is 10.6 Å². The van der Waals surface area contributed by atoms with Gasteiger partial charge in [0.15, 0.2) is 0 Å². The summed E-state index contributed by atoms with van der Waals surface area (Å²) in [6, 6.07) is 5.26. The smallest absolute Gasteiger partial charge is 0.252 e. The van der Waals surface area contributed by atoms with Crippen LogP contribution in [0.15, 0.2) is 18.2 Å². The summed E-state index contributed by atoms with van der Waals surface area (Å²) in [4.78, 5) is 23.4. The fraction of sp³-hybridized carbons (Fsp3) is 0.375. The number of likely N-dealkylation sites (N-methyl/N-ethyl adjacent to an activating group) is 1. The molecule has 5 nitrogen and oxygen atoms in total. The summed E-state index contributed by atoms with van der Waals surface area (Å²) in [5, 5.41) is 13.9. The van der Waals surface area contributed by atoms with E-state index < -0.39 is 0 Å². The highest BCUT2D eigenvalue weighted by molar-refractivity contribution is 5.98. The lowest BCUT2D eigenvalue weighted by Gasteiger charge is -2.09. The predicted molar refractivity (Wildman–Crippen MR) is 80.8 cm³/mol. The number of amides is 2. The Morgan fingerprint density at radius 2 is 2.05 bits per heavy atom. The van der Waals surface area contributed by atoms with Crippen LogP contribution in [0.1, 0.15) is 34.8 Å². The molecule has 0 aromatic heterocycles. The topological polar surface area (TPSA) is 78.4 Å². The second-order valence-electron chi connectivity index (χ2n) is 4.39. The third-order valence-electron chi connectivity index (χ3n) is 2.82. The number of benzene rings is 1. The fourth-order valence-electron chi connectivity index (χ4n) is 1.75. The van der Waals surface area contributed by atoms with Gasteiger partial charge in [0.1, 0.15) is 0 Å². The Bertz CT molecular complexity index is 571. The summed E-state index contributed by atoms with van der Waals surface area (Å²) < 4.78 is 0. The lowest BCUT2D eigenvalue weighted by atomic mass is 10.0. The average molecular weight is 288 g/mol. The monoisotopic (exact) mass is 288 g/mol. The molecular weight excluding hydrogens is 268 g/mol. The van der Waals surface area contributed by atoms with E-state index in [1.807, 2.05) is 19.9 Å². The lowest BCUT2D eigenvalue weighted by molar-refractivity contribution is -0.120. The number of hydrogen-bond acceptors (Lipinski definition) is 3. The van der Waals surface area contributed by atoms with Gasteiger partial charge in [0.05, 0.1) is 13.2 Å². The zero-order valence-corrected chi connectivity index (χ0v) is 12.3. The van der Waals surface area contributed by atoms with Crippen LogP contribution in [0.25, 0.3) is 0 Å². The predicted octanol–water partition coefficient (Wildman–Crippen LogP) is 0.595.